The maximum absolute atomic E-state index is 12.5. The molecule has 0 spiro atoms. The predicted octanol–water partition coefficient (Wildman–Crippen LogP) is 4.38. The third kappa shape index (κ3) is 2.81. The van der Waals surface area contributed by atoms with Gasteiger partial charge in [0.05, 0.1) is 15.8 Å². The van der Waals surface area contributed by atoms with E-state index in [0.717, 1.165) is 6.92 Å². The van der Waals surface area contributed by atoms with Crippen molar-refractivity contribution in [3.63, 3.8) is 0 Å². The molecule has 92 valence electrons. The lowest BCUT2D eigenvalue weighted by Crippen LogP contribution is -2.39. The van der Waals surface area contributed by atoms with Gasteiger partial charge in [-0.05, 0) is 6.92 Å². The SMILES string of the molecule is CC1(Br)C=C(C(F)(F)F)C=CC1C(F)(F)F. The number of rotatable bonds is 0. The highest BCUT2D eigenvalue weighted by atomic mass is 79.9. The Morgan fingerprint density at radius 2 is 1.69 bits per heavy atom. The van der Waals surface area contributed by atoms with Crippen LogP contribution in [0.25, 0.3) is 0 Å². The van der Waals surface area contributed by atoms with E-state index in [9.17, 15) is 26.3 Å². The van der Waals surface area contributed by atoms with Crippen molar-refractivity contribution in [1.29, 1.82) is 0 Å². The second kappa shape index (κ2) is 3.78. The number of hydrogen-bond donors (Lipinski definition) is 0. The molecular formula is C9H7BrF6. The van der Waals surface area contributed by atoms with Gasteiger partial charge >= 0.3 is 12.4 Å². The lowest BCUT2D eigenvalue weighted by Gasteiger charge is -2.33. The molecule has 0 aromatic heterocycles. The van der Waals surface area contributed by atoms with E-state index in [4.69, 9.17) is 0 Å². The second-order valence-electron chi connectivity index (χ2n) is 3.63. The molecule has 2 unspecified atom stereocenters. The van der Waals surface area contributed by atoms with E-state index in [2.05, 4.69) is 15.9 Å². The first-order chi connectivity index (χ1) is 6.94. The highest BCUT2D eigenvalue weighted by Crippen LogP contribution is 2.46. The van der Waals surface area contributed by atoms with Crippen molar-refractivity contribution in [3.05, 3.63) is 23.8 Å². The molecule has 1 aliphatic rings. The van der Waals surface area contributed by atoms with E-state index in [1.54, 1.807) is 0 Å². The average molecular weight is 309 g/mol. The Labute approximate surface area is 96.1 Å². The fourth-order valence-corrected chi connectivity index (χ4v) is 2.09. The van der Waals surface area contributed by atoms with Gasteiger partial charge in [0.25, 0.3) is 0 Å². The van der Waals surface area contributed by atoms with Crippen molar-refractivity contribution >= 4 is 15.9 Å². The van der Waals surface area contributed by atoms with Crippen LogP contribution in [0.1, 0.15) is 6.92 Å². The Hall–Kier alpha value is -0.460. The molecule has 16 heavy (non-hydrogen) atoms. The monoisotopic (exact) mass is 308 g/mol. The van der Waals surface area contributed by atoms with Crippen LogP contribution in [0.3, 0.4) is 0 Å². The largest absolute Gasteiger partial charge is 0.416 e. The molecule has 0 saturated carbocycles. The van der Waals surface area contributed by atoms with Gasteiger partial charge in [0.1, 0.15) is 0 Å². The maximum atomic E-state index is 12.5. The third-order valence-corrected chi connectivity index (χ3v) is 2.92. The standard InChI is InChI=1S/C9H7BrF6/c1-7(10)4-5(8(11,12)13)2-3-6(7)9(14,15)16/h2-4,6H,1H3. The van der Waals surface area contributed by atoms with E-state index in [1.807, 2.05) is 0 Å². The summed E-state index contributed by atoms with van der Waals surface area (Å²) < 4.78 is 72.5. The van der Waals surface area contributed by atoms with Gasteiger partial charge in [0.15, 0.2) is 0 Å². The lowest BCUT2D eigenvalue weighted by molar-refractivity contribution is -0.165. The van der Waals surface area contributed by atoms with Gasteiger partial charge in [0.2, 0.25) is 0 Å². The zero-order chi connectivity index (χ0) is 12.8. The van der Waals surface area contributed by atoms with Gasteiger partial charge in [-0.3, -0.25) is 0 Å². The molecule has 0 amide bonds. The van der Waals surface area contributed by atoms with Gasteiger partial charge in [-0.15, -0.1) is 0 Å². The van der Waals surface area contributed by atoms with E-state index in [-0.39, 0.29) is 0 Å². The van der Waals surface area contributed by atoms with Gasteiger partial charge in [-0.25, -0.2) is 0 Å². The Balaban J connectivity index is 3.08. The Bertz CT molecular complexity index is 333. The molecule has 0 bridgehead atoms. The zero-order valence-electron chi connectivity index (χ0n) is 7.96. The molecule has 0 heterocycles. The molecule has 0 N–H and O–H groups in total. The molecule has 0 radical (unpaired) electrons. The lowest BCUT2D eigenvalue weighted by atomic mass is 9.86. The summed E-state index contributed by atoms with van der Waals surface area (Å²) in [6, 6.07) is 0. The summed E-state index contributed by atoms with van der Waals surface area (Å²) in [6.45, 7) is 1.06. The summed E-state index contributed by atoms with van der Waals surface area (Å²) in [5.74, 6) is -1.97. The first kappa shape index (κ1) is 13.6. The summed E-state index contributed by atoms with van der Waals surface area (Å²) in [5, 5.41) is 0. The van der Waals surface area contributed by atoms with Crippen LogP contribution in [0, 0.1) is 5.92 Å². The minimum Gasteiger partial charge on any atom is -0.170 e. The third-order valence-electron chi connectivity index (χ3n) is 2.19. The molecule has 1 aliphatic carbocycles. The molecular weight excluding hydrogens is 302 g/mol. The van der Waals surface area contributed by atoms with E-state index in [0.29, 0.717) is 18.2 Å². The fraction of sp³-hybridized carbons (Fsp3) is 0.556. The van der Waals surface area contributed by atoms with Crippen molar-refractivity contribution in [2.24, 2.45) is 5.92 Å². The van der Waals surface area contributed by atoms with Gasteiger partial charge < -0.3 is 0 Å². The van der Waals surface area contributed by atoms with Crippen LogP contribution in [-0.4, -0.2) is 16.7 Å². The quantitative estimate of drug-likeness (QED) is 0.460. The normalized spacial score (nSPS) is 31.5. The highest BCUT2D eigenvalue weighted by molar-refractivity contribution is 9.10. The summed E-state index contributed by atoms with van der Waals surface area (Å²) in [6.07, 6.45) is -7.69. The minimum atomic E-state index is -4.64. The fourth-order valence-electron chi connectivity index (χ4n) is 1.44. The van der Waals surface area contributed by atoms with Crippen LogP contribution >= 0.6 is 15.9 Å². The highest BCUT2D eigenvalue weighted by Gasteiger charge is 2.50. The number of hydrogen-bond acceptors (Lipinski definition) is 0. The summed E-state index contributed by atoms with van der Waals surface area (Å²) >= 11 is 2.68. The van der Waals surface area contributed by atoms with E-state index in [1.165, 1.54) is 0 Å². The molecule has 0 aromatic rings. The van der Waals surface area contributed by atoms with Crippen LogP contribution in [0.4, 0.5) is 26.3 Å². The van der Waals surface area contributed by atoms with Crippen molar-refractivity contribution in [2.45, 2.75) is 23.6 Å². The smallest absolute Gasteiger partial charge is 0.170 e. The Morgan fingerprint density at radius 3 is 2.00 bits per heavy atom. The van der Waals surface area contributed by atoms with Crippen LogP contribution in [-0.2, 0) is 0 Å². The first-order valence-electron chi connectivity index (χ1n) is 4.18. The van der Waals surface area contributed by atoms with E-state index >= 15 is 0 Å². The van der Waals surface area contributed by atoms with Crippen molar-refractivity contribution in [3.8, 4) is 0 Å². The summed E-state index contributed by atoms with van der Waals surface area (Å²) in [4.78, 5) is 0. The van der Waals surface area contributed by atoms with Crippen LogP contribution < -0.4 is 0 Å². The predicted molar refractivity (Wildman–Crippen MR) is 50.2 cm³/mol. The number of halogens is 7. The number of alkyl halides is 7. The van der Waals surface area contributed by atoms with Gasteiger partial charge in [-0.1, -0.05) is 34.2 Å². The molecule has 7 heteroatoms. The van der Waals surface area contributed by atoms with Gasteiger partial charge in [0, 0.05) is 0 Å². The molecule has 2 atom stereocenters. The van der Waals surface area contributed by atoms with Crippen LogP contribution in [0.2, 0.25) is 0 Å². The Kier molecular flexibility index (Phi) is 3.22. The molecule has 0 aliphatic heterocycles. The molecule has 1 rings (SSSR count). The molecule has 0 nitrogen and oxygen atoms in total. The van der Waals surface area contributed by atoms with Crippen LogP contribution in [0.15, 0.2) is 23.8 Å². The summed E-state index contributed by atoms with van der Waals surface area (Å²) in [7, 11) is 0. The molecule has 0 fully saturated rings. The Morgan fingerprint density at radius 1 is 1.19 bits per heavy atom. The van der Waals surface area contributed by atoms with E-state index < -0.39 is 28.2 Å². The van der Waals surface area contributed by atoms with Crippen molar-refractivity contribution in [2.75, 3.05) is 0 Å². The topological polar surface area (TPSA) is 0 Å². The van der Waals surface area contributed by atoms with Crippen molar-refractivity contribution < 1.29 is 26.3 Å². The number of allylic oxidation sites excluding steroid dienone is 4. The van der Waals surface area contributed by atoms with Crippen molar-refractivity contribution in [1.82, 2.24) is 0 Å². The summed E-state index contributed by atoms with van der Waals surface area (Å²) in [5.41, 5.74) is -1.08. The average Bonchev–Trinajstić information content (AvgIpc) is 1.97. The molecule has 0 saturated heterocycles. The second-order valence-corrected chi connectivity index (χ2v) is 5.34. The minimum absolute atomic E-state index is 0.459. The molecule has 0 aromatic carbocycles. The van der Waals surface area contributed by atoms with Crippen LogP contribution in [0.5, 0.6) is 0 Å². The first-order valence-corrected chi connectivity index (χ1v) is 4.98. The van der Waals surface area contributed by atoms with Gasteiger partial charge in [-0.2, -0.15) is 26.3 Å². The zero-order valence-corrected chi connectivity index (χ0v) is 9.54. The maximum Gasteiger partial charge on any atom is 0.416 e.